The predicted octanol–water partition coefficient (Wildman–Crippen LogP) is 2.62. The van der Waals surface area contributed by atoms with Gasteiger partial charge in [-0.2, -0.15) is 0 Å². The molecule has 2 amide bonds. The number of rotatable bonds is 3. The fourth-order valence-corrected chi connectivity index (χ4v) is 4.40. The molecule has 3 aliphatic rings. The van der Waals surface area contributed by atoms with E-state index in [1.807, 2.05) is 11.8 Å². The molecule has 2 aliphatic carbocycles. The number of carbonyl (C=O) groups excluding carboxylic acids is 2. The third kappa shape index (κ3) is 2.82. The van der Waals surface area contributed by atoms with Gasteiger partial charge < -0.3 is 10.2 Å². The minimum Gasteiger partial charge on any atom is -0.340 e. The molecule has 3 fully saturated rings. The van der Waals surface area contributed by atoms with Gasteiger partial charge in [-0.05, 0) is 32.1 Å². The van der Waals surface area contributed by atoms with Crippen molar-refractivity contribution in [2.45, 2.75) is 82.7 Å². The van der Waals surface area contributed by atoms with Gasteiger partial charge in [0.2, 0.25) is 11.8 Å². The van der Waals surface area contributed by atoms with E-state index in [0.717, 1.165) is 44.6 Å². The van der Waals surface area contributed by atoms with Crippen LogP contribution in [0.25, 0.3) is 0 Å². The number of piperazine rings is 1. The molecule has 2 saturated carbocycles. The van der Waals surface area contributed by atoms with E-state index in [2.05, 4.69) is 5.32 Å². The molecule has 0 radical (unpaired) electrons. The van der Waals surface area contributed by atoms with Gasteiger partial charge in [-0.3, -0.25) is 9.59 Å². The van der Waals surface area contributed by atoms with Crippen molar-refractivity contribution in [1.29, 1.82) is 0 Å². The number of nitrogens with one attached hydrogen (secondary N) is 1. The molecule has 0 aromatic carbocycles. The summed E-state index contributed by atoms with van der Waals surface area (Å²) in [6, 6.07) is -0.300. The van der Waals surface area contributed by atoms with Crippen molar-refractivity contribution < 1.29 is 9.59 Å². The van der Waals surface area contributed by atoms with Crippen molar-refractivity contribution in [2.75, 3.05) is 6.54 Å². The molecule has 1 heterocycles. The van der Waals surface area contributed by atoms with Crippen molar-refractivity contribution in [1.82, 2.24) is 10.2 Å². The lowest BCUT2D eigenvalue weighted by Crippen LogP contribution is -2.70. The second-order valence-corrected chi connectivity index (χ2v) is 7.25. The molecule has 1 atom stereocenters. The smallest absolute Gasteiger partial charge is 0.248 e. The Bertz CT molecular complexity index is 409. The van der Waals surface area contributed by atoms with Crippen LogP contribution in [0.15, 0.2) is 0 Å². The van der Waals surface area contributed by atoms with E-state index in [4.69, 9.17) is 0 Å². The lowest BCUT2D eigenvalue weighted by atomic mass is 9.78. The summed E-state index contributed by atoms with van der Waals surface area (Å²) in [6.07, 6.45) is 11.3. The summed E-state index contributed by atoms with van der Waals surface area (Å²) in [6.45, 7) is 2.64. The summed E-state index contributed by atoms with van der Waals surface area (Å²) < 4.78 is 0. The Hall–Kier alpha value is -1.06. The van der Waals surface area contributed by atoms with Crippen LogP contribution in [0.2, 0.25) is 0 Å². The van der Waals surface area contributed by atoms with Crippen LogP contribution in [-0.2, 0) is 9.59 Å². The Morgan fingerprint density at radius 3 is 2.43 bits per heavy atom. The zero-order valence-electron chi connectivity index (χ0n) is 13.2. The molecule has 3 rings (SSSR count). The van der Waals surface area contributed by atoms with Crippen molar-refractivity contribution >= 4 is 11.8 Å². The van der Waals surface area contributed by atoms with Crippen molar-refractivity contribution in [3.8, 4) is 0 Å². The second kappa shape index (κ2) is 5.98. The zero-order chi connectivity index (χ0) is 14.9. The molecule has 1 aliphatic heterocycles. The minimum atomic E-state index is -0.572. The second-order valence-electron chi connectivity index (χ2n) is 7.25. The summed E-state index contributed by atoms with van der Waals surface area (Å²) in [7, 11) is 0. The van der Waals surface area contributed by atoms with Crippen LogP contribution in [0.3, 0.4) is 0 Å². The summed E-state index contributed by atoms with van der Waals surface area (Å²) in [4.78, 5) is 27.2. The molecule has 1 unspecified atom stereocenters. The van der Waals surface area contributed by atoms with E-state index in [-0.39, 0.29) is 17.9 Å². The van der Waals surface area contributed by atoms with Gasteiger partial charge in [0.15, 0.2) is 0 Å². The topological polar surface area (TPSA) is 49.4 Å². The lowest BCUT2D eigenvalue weighted by molar-refractivity contribution is -0.156. The number of hydrogen-bond acceptors (Lipinski definition) is 2. The first kappa shape index (κ1) is 14.9. The van der Waals surface area contributed by atoms with Gasteiger partial charge in [0.1, 0.15) is 11.6 Å². The van der Waals surface area contributed by atoms with Gasteiger partial charge in [-0.15, -0.1) is 0 Å². The quantitative estimate of drug-likeness (QED) is 0.869. The highest BCUT2D eigenvalue weighted by Gasteiger charge is 2.49. The van der Waals surface area contributed by atoms with Gasteiger partial charge in [-0.1, -0.05) is 44.9 Å². The van der Waals surface area contributed by atoms with E-state index in [1.54, 1.807) is 0 Å². The Morgan fingerprint density at radius 1 is 1.10 bits per heavy atom. The van der Waals surface area contributed by atoms with Crippen molar-refractivity contribution in [3.63, 3.8) is 0 Å². The van der Waals surface area contributed by atoms with Gasteiger partial charge in [0, 0.05) is 6.54 Å². The Kier molecular flexibility index (Phi) is 4.23. The largest absolute Gasteiger partial charge is 0.340 e. The highest BCUT2D eigenvalue weighted by molar-refractivity contribution is 5.99. The molecule has 4 heteroatoms. The van der Waals surface area contributed by atoms with Crippen LogP contribution in [0, 0.1) is 5.92 Å². The first-order chi connectivity index (χ1) is 10.1. The molecule has 0 bridgehead atoms. The molecule has 1 N–H and O–H groups in total. The Balaban J connectivity index is 1.70. The molecule has 1 saturated heterocycles. The maximum Gasteiger partial charge on any atom is 0.248 e. The molecule has 1 spiro atoms. The van der Waals surface area contributed by atoms with E-state index >= 15 is 0 Å². The summed E-state index contributed by atoms with van der Waals surface area (Å²) in [5.41, 5.74) is -0.572. The number of hydrogen-bond donors (Lipinski definition) is 1. The molecule has 0 aromatic rings. The predicted molar refractivity (Wildman–Crippen MR) is 81.7 cm³/mol. The van der Waals surface area contributed by atoms with Crippen LogP contribution in [0.1, 0.15) is 71.1 Å². The van der Waals surface area contributed by atoms with Crippen LogP contribution < -0.4 is 5.32 Å². The normalized spacial score (nSPS) is 30.0. The monoisotopic (exact) mass is 292 g/mol. The first-order valence-electron chi connectivity index (χ1n) is 8.75. The van der Waals surface area contributed by atoms with Gasteiger partial charge in [0.25, 0.3) is 0 Å². The van der Waals surface area contributed by atoms with E-state index in [0.29, 0.717) is 0 Å². The highest BCUT2D eigenvalue weighted by Crippen LogP contribution is 2.34. The van der Waals surface area contributed by atoms with Crippen LogP contribution >= 0.6 is 0 Å². The average molecular weight is 292 g/mol. The molecule has 118 valence electrons. The first-order valence-corrected chi connectivity index (χ1v) is 8.75. The molecule has 4 nitrogen and oxygen atoms in total. The summed E-state index contributed by atoms with van der Waals surface area (Å²) in [5, 5.41) is 3.06. The fraction of sp³-hybridized carbons (Fsp3) is 0.882. The summed E-state index contributed by atoms with van der Waals surface area (Å²) >= 11 is 0. The molecule has 21 heavy (non-hydrogen) atoms. The van der Waals surface area contributed by atoms with Crippen molar-refractivity contribution in [3.05, 3.63) is 0 Å². The van der Waals surface area contributed by atoms with Crippen molar-refractivity contribution in [2.24, 2.45) is 5.92 Å². The fourth-order valence-electron chi connectivity index (χ4n) is 4.40. The zero-order valence-corrected chi connectivity index (χ0v) is 13.2. The Labute approximate surface area is 127 Å². The van der Waals surface area contributed by atoms with Gasteiger partial charge >= 0.3 is 0 Å². The number of amides is 2. The van der Waals surface area contributed by atoms with E-state index in [1.165, 1.54) is 32.1 Å². The molecular formula is C17H28N2O2. The molecule has 0 aromatic heterocycles. The number of carbonyl (C=O) groups is 2. The summed E-state index contributed by atoms with van der Waals surface area (Å²) in [5.74, 6) is 0.993. The van der Waals surface area contributed by atoms with Crippen LogP contribution in [-0.4, -0.2) is 34.8 Å². The third-order valence-electron chi connectivity index (χ3n) is 5.84. The Morgan fingerprint density at radius 2 is 1.76 bits per heavy atom. The highest BCUT2D eigenvalue weighted by atomic mass is 16.2. The SMILES string of the molecule is CC1C(=O)NC2(CCCCC2)C(=O)N1CCC1CCCC1. The van der Waals surface area contributed by atoms with Gasteiger partial charge in [0.05, 0.1) is 0 Å². The third-order valence-corrected chi connectivity index (χ3v) is 5.84. The standard InChI is InChI=1S/C17H28N2O2/c1-13-15(20)18-17(10-5-2-6-11-17)16(21)19(13)12-9-14-7-3-4-8-14/h13-14H,2-12H2,1H3,(H,18,20). The van der Waals surface area contributed by atoms with Gasteiger partial charge in [-0.25, -0.2) is 0 Å². The average Bonchev–Trinajstić information content (AvgIpc) is 3.00. The minimum absolute atomic E-state index is 0.0444. The lowest BCUT2D eigenvalue weighted by Gasteiger charge is -2.47. The maximum atomic E-state index is 13.0. The maximum absolute atomic E-state index is 13.0. The molecular weight excluding hydrogens is 264 g/mol. The van der Waals surface area contributed by atoms with Crippen LogP contribution in [0.4, 0.5) is 0 Å². The number of nitrogens with zero attached hydrogens (tertiary/aromatic N) is 1. The van der Waals surface area contributed by atoms with E-state index < -0.39 is 5.54 Å². The van der Waals surface area contributed by atoms with E-state index in [9.17, 15) is 9.59 Å². The van der Waals surface area contributed by atoms with Crippen LogP contribution in [0.5, 0.6) is 0 Å².